The van der Waals surface area contributed by atoms with E-state index in [2.05, 4.69) is 28.2 Å². The van der Waals surface area contributed by atoms with Gasteiger partial charge in [-0.1, -0.05) is 29.8 Å². The Labute approximate surface area is 155 Å². The van der Waals surface area contributed by atoms with E-state index in [1.165, 1.54) is 5.56 Å². The van der Waals surface area contributed by atoms with Crippen LogP contribution >= 0.6 is 0 Å². The summed E-state index contributed by atoms with van der Waals surface area (Å²) in [4.78, 5) is 17.0. The molecule has 5 nitrogen and oxygen atoms in total. The van der Waals surface area contributed by atoms with Crippen molar-refractivity contribution in [2.45, 2.75) is 13.3 Å². The van der Waals surface area contributed by atoms with Gasteiger partial charge in [-0.25, -0.2) is 0 Å². The summed E-state index contributed by atoms with van der Waals surface area (Å²) in [6.07, 6.45) is 0.324. The molecule has 3 rings (SSSR count). The third kappa shape index (κ3) is 4.99. The van der Waals surface area contributed by atoms with E-state index in [1.807, 2.05) is 49.4 Å². The number of hydrogen-bond acceptors (Lipinski definition) is 4. The van der Waals surface area contributed by atoms with Gasteiger partial charge in [-0.3, -0.25) is 4.79 Å². The maximum Gasteiger partial charge on any atom is 0.227 e. The fourth-order valence-electron chi connectivity index (χ4n) is 3.01. The molecule has 2 aromatic rings. The molecule has 0 saturated carbocycles. The third-order valence-electron chi connectivity index (χ3n) is 4.64. The molecular weight excluding hydrogens is 326 g/mol. The Balaban J connectivity index is 1.53. The van der Waals surface area contributed by atoms with Crippen molar-refractivity contribution in [2.24, 2.45) is 0 Å². The Bertz CT molecular complexity index is 722. The van der Waals surface area contributed by atoms with E-state index in [1.54, 1.807) is 0 Å². The van der Waals surface area contributed by atoms with Gasteiger partial charge in [0.25, 0.3) is 0 Å². The third-order valence-corrected chi connectivity index (χ3v) is 4.64. The number of piperazine rings is 1. The number of likely N-dealkylation sites (N-methyl/N-ethyl adjacent to an activating group) is 1. The summed E-state index contributed by atoms with van der Waals surface area (Å²) >= 11 is 0. The van der Waals surface area contributed by atoms with Gasteiger partial charge in [-0.15, -0.1) is 0 Å². The highest BCUT2D eigenvalue weighted by atomic mass is 16.5. The molecule has 0 unspecified atom stereocenters. The molecule has 1 heterocycles. The number of hydrogen-bond donors (Lipinski definition) is 1. The van der Waals surface area contributed by atoms with Crippen molar-refractivity contribution in [3.63, 3.8) is 0 Å². The van der Waals surface area contributed by atoms with E-state index >= 15 is 0 Å². The predicted octanol–water partition coefficient (Wildman–Crippen LogP) is 3.15. The number of benzene rings is 2. The first-order chi connectivity index (χ1) is 12.6. The first-order valence-electron chi connectivity index (χ1n) is 9.13. The fraction of sp³-hybridized carbons (Fsp3) is 0.381. The molecule has 1 aliphatic heterocycles. The van der Waals surface area contributed by atoms with Crippen LogP contribution in [0.4, 0.5) is 11.4 Å². The number of nitrogens with zero attached hydrogens (tertiary/aromatic N) is 2. The normalized spacial score (nSPS) is 14.9. The highest BCUT2D eigenvalue weighted by Crippen LogP contribution is 2.26. The van der Waals surface area contributed by atoms with Crippen LogP contribution in [-0.2, 0) is 4.79 Å². The van der Waals surface area contributed by atoms with E-state index < -0.39 is 0 Å². The minimum Gasteiger partial charge on any atom is -0.493 e. The standard InChI is InChI=1S/C21H27N3O2/c1-17-7-9-18(10-8-17)26-16-11-21(25)22-19-5-3-4-6-20(19)24-14-12-23(2)13-15-24/h3-10H,11-16H2,1-2H3,(H,22,25). The largest absolute Gasteiger partial charge is 0.493 e. The van der Waals surface area contributed by atoms with Crippen molar-refractivity contribution in [3.05, 3.63) is 54.1 Å². The van der Waals surface area contributed by atoms with Gasteiger partial charge in [0, 0.05) is 26.2 Å². The molecule has 1 amide bonds. The van der Waals surface area contributed by atoms with Crippen LogP contribution in [0.25, 0.3) is 0 Å². The summed E-state index contributed by atoms with van der Waals surface area (Å²) in [5.74, 6) is 0.764. The summed E-state index contributed by atoms with van der Waals surface area (Å²) in [6.45, 7) is 6.42. The predicted molar refractivity (Wildman–Crippen MR) is 106 cm³/mol. The Kier molecular flexibility index (Phi) is 6.12. The summed E-state index contributed by atoms with van der Waals surface area (Å²) in [5.41, 5.74) is 3.15. The highest BCUT2D eigenvalue weighted by Gasteiger charge is 2.17. The zero-order valence-corrected chi connectivity index (χ0v) is 15.6. The van der Waals surface area contributed by atoms with E-state index in [0.29, 0.717) is 13.0 Å². The number of rotatable bonds is 6. The van der Waals surface area contributed by atoms with Gasteiger partial charge >= 0.3 is 0 Å². The average molecular weight is 353 g/mol. The van der Waals surface area contributed by atoms with Gasteiger partial charge in [0.2, 0.25) is 5.91 Å². The molecule has 26 heavy (non-hydrogen) atoms. The molecule has 0 atom stereocenters. The second-order valence-corrected chi connectivity index (χ2v) is 6.77. The van der Waals surface area contributed by atoms with Crippen LogP contribution < -0.4 is 15.0 Å². The minimum atomic E-state index is -0.0290. The second-order valence-electron chi connectivity index (χ2n) is 6.77. The number of carbonyl (C=O) groups excluding carboxylic acids is 1. The van der Waals surface area contributed by atoms with Crippen LogP contribution in [0.3, 0.4) is 0 Å². The van der Waals surface area contributed by atoms with Gasteiger partial charge < -0.3 is 19.9 Å². The lowest BCUT2D eigenvalue weighted by molar-refractivity contribution is -0.116. The Morgan fingerprint density at radius 3 is 2.46 bits per heavy atom. The van der Waals surface area contributed by atoms with Gasteiger partial charge in [-0.2, -0.15) is 0 Å². The van der Waals surface area contributed by atoms with Gasteiger partial charge in [0.15, 0.2) is 0 Å². The molecule has 0 spiro atoms. The lowest BCUT2D eigenvalue weighted by atomic mass is 10.2. The van der Waals surface area contributed by atoms with Gasteiger partial charge in [0.1, 0.15) is 5.75 Å². The Morgan fingerprint density at radius 1 is 1.04 bits per heavy atom. The van der Waals surface area contributed by atoms with E-state index in [0.717, 1.165) is 43.3 Å². The van der Waals surface area contributed by atoms with Crippen molar-refractivity contribution >= 4 is 17.3 Å². The van der Waals surface area contributed by atoms with E-state index in [-0.39, 0.29) is 5.91 Å². The molecular formula is C21H27N3O2. The summed E-state index contributed by atoms with van der Waals surface area (Å²) in [7, 11) is 2.14. The number of amides is 1. The number of para-hydroxylation sites is 2. The molecule has 138 valence electrons. The van der Waals surface area contributed by atoms with E-state index in [4.69, 9.17) is 4.74 Å². The molecule has 0 aromatic heterocycles. The smallest absolute Gasteiger partial charge is 0.227 e. The van der Waals surface area contributed by atoms with Crippen molar-refractivity contribution in [2.75, 3.05) is 50.1 Å². The molecule has 1 fully saturated rings. The topological polar surface area (TPSA) is 44.8 Å². The molecule has 0 radical (unpaired) electrons. The number of nitrogens with one attached hydrogen (secondary N) is 1. The zero-order chi connectivity index (χ0) is 18.4. The maximum absolute atomic E-state index is 12.3. The molecule has 1 saturated heterocycles. The summed E-state index contributed by atoms with van der Waals surface area (Å²) in [6, 6.07) is 15.9. The molecule has 0 bridgehead atoms. The SMILES string of the molecule is Cc1ccc(OCCC(=O)Nc2ccccc2N2CCN(C)CC2)cc1. The lowest BCUT2D eigenvalue weighted by Gasteiger charge is -2.35. The van der Waals surface area contributed by atoms with Crippen molar-refractivity contribution in [1.29, 1.82) is 0 Å². The van der Waals surface area contributed by atoms with Crippen LogP contribution in [0.15, 0.2) is 48.5 Å². The maximum atomic E-state index is 12.3. The Hall–Kier alpha value is -2.53. The number of ether oxygens (including phenoxy) is 1. The lowest BCUT2D eigenvalue weighted by Crippen LogP contribution is -2.44. The average Bonchev–Trinajstić information content (AvgIpc) is 2.65. The molecule has 0 aliphatic carbocycles. The summed E-state index contributed by atoms with van der Waals surface area (Å²) < 4.78 is 5.65. The van der Waals surface area contributed by atoms with Crippen LogP contribution in [0.5, 0.6) is 5.75 Å². The monoisotopic (exact) mass is 353 g/mol. The number of carbonyl (C=O) groups is 1. The quantitative estimate of drug-likeness (QED) is 0.866. The van der Waals surface area contributed by atoms with Gasteiger partial charge in [0.05, 0.1) is 24.4 Å². The van der Waals surface area contributed by atoms with Crippen molar-refractivity contribution in [3.8, 4) is 5.75 Å². The molecule has 5 heteroatoms. The van der Waals surface area contributed by atoms with Crippen LogP contribution in [0.1, 0.15) is 12.0 Å². The molecule has 1 N–H and O–H groups in total. The first-order valence-corrected chi connectivity index (χ1v) is 9.13. The van der Waals surface area contributed by atoms with Crippen LogP contribution in [0.2, 0.25) is 0 Å². The van der Waals surface area contributed by atoms with Gasteiger partial charge in [-0.05, 0) is 38.2 Å². The van der Waals surface area contributed by atoms with Crippen LogP contribution in [0, 0.1) is 6.92 Å². The summed E-state index contributed by atoms with van der Waals surface area (Å²) in [5, 5.41) is 3.04. The Morgan fingerprint density at radius 2 is 1.73 bits per heavy atom. The molecule has 1 aliphatic rings. The minimum absolute atomic E-state index is 0.0290. The number of aryl methyl sites for hydroxylation is 1. The van der Waals surface area contributed by atoms with Crippen molar-refractivity contribution in [1.82, 2.24) is 4.90 Å². The second kappa shape index (κ2) is 8.72. The highest BCUT2D eigenvalue weighted by molar-refractivity contribution is 5.94. The van der Waals surface area contributed by atoms with Crippen LogP contribution in [-0.4, -0.2) is 50.6 Å². The van der Waals surface area contributed by atoms with Crippen molar-refractivity contribution < 1.29 is 9.53 Å². The van der Waals surface area contributed by atoms with E-state index in [9.17, 15) is 4.79 Å². The first kappa shape index (κ1) is 18.3. The zero-order valence-electron chi connectivity index (χ0n) is 15.6. The molecule has 2 aromatic carbocycles. The fourth-order valence-corrected chi connectivity index (χ4v) is 3.01. The number of anilines is 2.